The van der Waals surface area contributed by atoms with E-state index in [2.05, 4.69) is 19.6 Å². The van der Waals surface area contributed by atoms with Crippen molar-refractivity contribution in [3.63, 3.8) is 0 Å². The number of hydrogen-bond acceptors (Lipinski definition) is 1. The van der Waals surface area contributed by atoms with Gasteiger partial charge in [0.2, 0.25) is 5.12 Å². The predicted molar refractivity (Wildman–Crippen MR) is 41.3 cm³/mol. The molecule has 0 aromatic heterocycles. The van der Waals surface area contributed by atoms with Crippen LogP contribution in [-0.2, 0) is 4.79 Å². The molecule has 51 valence electrons. The van der Waals surface area contributed by atoms with Crippen LogP contribution in [0.4, 0.5) is 0 Å². The monoisotopic (exact) mass is 143 g/mol. The minimum Gasteiger partial charge on any atom is -0.277 e. The highest BCUT2D eigenvalue weighted by Gasteiger charge is 1.90. The molecule has 1 nitrogen and oxygen atoms in total. The van der Waals surface area contributed by atoms with Gasteiger partial charge in [-0.1, -0.05) is 18.9 Å². The van der Waals surface area contributed by atoms with Gasteiger partial charge in [-0.15, -0.1) is 0 Å². The van der Waals surface area contributed by atoms with E-state index in [-0.39, 0.29) is 5.12 Å². The second-order valence-corrected chi connectivity index (χ2v) is 2.46. The first-order valence-corrected chi connectivity index (χ1v) is 3.45. The van der Waals surface area contributed by atoms with E-state index in [1.54, 1.807) is 0 Å². The van der Waals surface area contributed by atoms with Crippen molar-refractivity contribution in [3.05, 3.63) is 11.6 Å². The molecule has 0 bridgehead atoms. The fourth-order valence-corrected chi connectivity index (χ4v) is 0.869. The summed E-state index contributed by atoms with van der Waals surface area (Å²) >= 11 is 4.35. The van der Waals surface area contributed by atoms with Gasteiger partial charge in [-0.05, 0) is 32.0 Å². The van der Waals surface area contributed by atoms with Crippen LogP contribution in [0.1, 0.15) is 26.7 Å². The Morgan fingerprint density at radius 3 is 2.56 bits per heavy atom. The van der Waals surface area contributed by atoms with Crippen LogP contribution < -0.4 is 0 Å². The molecular formula is C7H11OS. The standard InChI is InChI=1S/C7H11OS/c1-3-4-6(2)5-7(8)9/h5H,3-4H2,1-2H3/b6-5+. The Hall–Kier alpha value is -0.370. The van der Waals surface area contributed by atoms with Crippen LogP contribution in [-0.4, -0.2) is 5.12 Å². The van der Waals surface area contributed by atoms with Gasteiger partial charge < -0.3 is 0 Å². The van der Waals surface area contributed by atoms with Crippen LogP contribution >= 0.6 is 12.6 Å². The SMILES string of the molecule is CCC/C(C)=C/C(=O)[S]. The van der Waals surface area contributed by atoms with E-state index in [9.17, 15) is 4.79 Å². The first kappa shape index (κ1) is 8.63. The smallest absolute Gasteiger partial charge is 0.242 e. The van der Waals surface area contributed by atoms with Gasteiger partial charge in [-0.25, -0.2) is 0 Å². The van der Waals surface area contributed by atoms with Crippen LogP contribution in [0.25, 0.3) is 0 Å². The molecule has 0 rings (SSSR count). The van der Waals surface area contributed by atoms with E-state index >= 15 is 0 Å². The number of allylic oxidation sites excluding steroid dienone is 1. The lowest BCUT2D eigenvalue weighted by atomic mass is 10.2. The van der Waals surface area contributed by atoms with Gasteiger partial charge in [0.15, 0.2) is 0 Å². The molecule has 0 N–H and O–H groups in total. The summed E-state index contributed by atoms with van der Waals surface area (Å²) in [5.41, 5.74) is 1.08. The maximum absolute atomic E-state index is 10.3. The molecule has 2 heteroatoms. The van der Waals surface area contributed by atoms with Crippen molar-refractivity contribution in [2.24, 2.45) is 0 Å². The van der Waals surface area contributed by atoms with Crippen LogP contribution in [0.15, 0.2) is 11.6 Å². The molecule has 0 heterocycles. The molecule has 0 unspecified atom stereocenters. The third-order valence-corrected chi connectivity index (χ3v) is 1.13. The summed E-state index contributed by atoms with van der Waals surface area (Å²) in [5, 5.41) is -0.263. The van der Waals surface area contributed by atoms with Crippen molar-refractivity contribution in [2.75, 3.05) is 0 Å². The van der Waals surface area contributed by atoms with Crippen LogP contribution in [0.3, 0.4) is 0 Å². The third kappa shape index (κ3) is 5.50. The second kappa shape index (κ2) is 4.50. The minimum absolute atomic E-state index is 0.263. The molecular weight excluding hydrogens is 132 g/mol. The summed E-state index contributed by atoms with van der Waals surface area (Å²) in [4.78, 5) is 10.3. The molecule has 9 heavy (non-hydrogen) atoms. The number of rotatable bonds is 3. The molecule has 0 aromatic carbocycles. The highest BCUT2D eigenvalue weighted by Crippen LogP contribution is 2.02. The van der Waals surface area contributed by atoms with E-state index in [4.69, 9.17) is 0 Å². The highest BCUT2D eigenvalue weighted by atomic mass is 32.1. The first-order valence-electron chi connectivity index (χ1n) is 3.05. The fraction of sp³-hybridized carbons (Fsp3) is 0.571. The Bertz CT molecular complexity index is 127. The molecule has 0 aromatic rings. The average molecular weight is 143 g/mol. The van der Waals surface area contributed by atoms with Gasteiger partial charge in [0, 0.05) is 0 Å². The average Bonchev–Trinajstić information content (AvgIpc) is 1.63. The molecule has 0 fully saturated rings. The van der Waals surface area contributed by atoms with E-state index in [1.807, 2.05) is 6.92 Å². The van der Waals surface area contributed by atoms with Crippen molar-refractivity contribution in [1.29, 1.82) is 0 Å². The molecule has 0 spiro atoms. The van der Waals surface area contributed by atoms with Crippen molar-refractivity contribution in [2.45, 2.75) is 26.7 Å². The molecule has 0 aliphatic heterocycles. The lowest BCUT2D eigenvalue weighted by Gasteiger charge is -1.92. The van der Waals surface area contributed by atoms with E-state index < -0.39 is 0 Å². The van der Waals surface area contributed by atoms with Crippen LogP contribution in [0.2, 0.25) is 0 Å². The maximum atomic E-state index is 10.3. The van der Waals surface area contributed by atoms with Gasteiger partial charge in [-0.3, -0.25) is 4.79 Å². The Morgan fingerprint density at radius 2 is 2.22 bits per heavy atom. The van der Waals surface area contributed by atoms with E-state index in [0.717, 1.165) is 18.4 Å². The number of carbonyl (C=O) groups excluding carboxylic acids is 1. The quantitative estimate of drug-likeness (QED) is 0.555. The van der Waals surface area contributed by atoms with Gasteiger partial charge in [0.1, 0.15) is 0 Å². The van der Waals surface area contributed by atoms with Crippen LogP contribution in [0, 0.1) is 0 Å². The molecule has 1 radical (unpaired) electrons. The Balaban J connectivity index is 3.69. The minimum atomic E-state index is -0.263. The summed E-state index contributed by atoms with van der Waals surface area (Å²) in [6.07, 6.45) is 3.56. The molecule has 0 atom stereocenters. The van der Waals surface area contributed by atoms with E-state index in [1.165, 1.54) is 6.08 Å². The Kier molecular flexibility index (Phi) is 4.32. The normalized spacial score (nSPS) is 11.6. The number of hydrogen-bond donors (Lipinski definition) is 0. The van der Waals surface area contributed by atoms with Crippen molar-refractivity contribution >= 4 is 17.7 Å². The first-order chi connectivity index (χ1) is 4.16. The second-order valence-electron chi connectivity index (χ2n) is 2.06. The van der Waals surface area contributed by atoms with Crippen molar-refractivity contribution < 1.29 is 4.79 Å². The van der Waals surface area contributed by atoms with E-state index in [0.29, 0.717) is 0 Å². The van der Waals surface area contributed by atoms with Gasteiger partial charge in [0.05, 0.1) is 0 Å². The maximum Gasteiger partial charge on any atom is 0.242 e. The fourth-order valence-electron chi connectivity index (χ4n) is 0.668. The summed E-state index contributed by atoms with van der Waals surface area (Å²) in [5.74, 6) is 0. The lowest BCUT2D eigenvalue weighted by molar-refractivity contribution is -0.106. The Morgan fingerprint density at radius 1 is 1.67 bits per heavy atom. The topological polar surface area (TPSA) is 17.1 Å². The zero-order valence-electron chi connectivity index (χ0n) is 5.81. The van der Waals surface area contributed by atoms with Gasteiger partial charge >= 0.3 is 0 Å². The van der Waals surface area contributed by atoms with Gasteiger partial charge in [0.25, 0.3) is 0 Å². The van der Waals surface area contributed by atoms with Crippen molar-refractivity contribution in [3.8, 4) is 0 Å². The third-order valence-electron chi connectivity index (χ3n) is 1.01. The van der Waals surface area contributed by atoms with Crippen molar-refractivity contribution in [1.82, 2.24) is 0 Å². The summed E-state index contributed by atoms with van der Waals surface area (Å²) in [7, 11) is 0. The lowest BCUT2D eigenvalue weighted by Crippen LogP contribution is -1.81. The summed E-state index contributed by atoms with van der Waals surface area (Å²) in [6.45, 7) is 4.00. The highest BCUT2D eigenvalue weighted by molar-refractivity contribution is 7.97. The molecule has 0 saturated carbocycles. The zero-order valence-corrected chi connectivity index (χ0v) is 6.62. The molecule has 0 amide bonds. The largest absolute Gasteiger partial charge is 0.277 e. The summed E-state index contributed by atoms with van der Waals surface area (Å²) < 4.78 is 0. The zero-order chi connectivity index (χ0) is 7.28. The van der Waals surface area contributed by atoms with Gasteiger partial charge in [-0.2, -0.15) is 0 Å². The summed E-state index contributed by atoms with van der Waals surface area (Å²) in [6, 6.07) is 0. The molecule has 0 saturated heterocycles. The Labute approximate surface area is 61.6 Å². The van der Waals surface area contributed by atoms with Crippen LogP contribution in [0.5, 0.6) is 0 Å². The molecule has 0 aliphatic rings. The number of carbonyl (C=O) groups is 1. The molecule has 0 aliphatic carbocycles. The predicted octanol–water partition coefficient (Wildman–Crippen LogP) is 2.46.